The van der Waals surface area contributed by atoms with Crippen molar-refractivity contribution in [3.05, 3.63) is 52.8 Å². The van der Waals surface area contributed by atoms with Crippen molar-refractivity contribution in [2.45, 2.75) is 102 Å². The van der Waals surface area contributed by atoms with Gasteiger partial charge in [0.1, 0.15) is 11.6 Å². The predicted octanol–water partition coefficient (Wildman–Crippen LogP) is 4.20. The molecule has 53 heavy (non-hydrogen) atoms. The van der Waals surface area contributed by atoms with Gasteiger partial charge in [0.2, 0.25) is 17.7 Å². The molecule has 4 heterocycles. The lowest BCUT2D eigenvalue weighted by atomic mass is 9.89. The van der Waals surface area contributed by atoms with E-state index in [0.717, 1.165) is 50.9 Å². The van der Waals surface area contributed by atoms with Crippen LogP contribution in [-0.4, -0.2) is 111 Å². The zero-order valence-electron chi connectivity index (χ0n) is 30.6. The number of carbonyl (C=O) groups excluding carboxylic acids is 4. The number of thiocarbonyl (C=S) groups is 1. The van der Waals surface area contributed by atoms with Crippen LogP contribution in [0.25, 0.3) is 0 Å². The lowest BCUT2D eigenvalue weighted by molar-refractivity contribution is -0.134. The van der Waals surface area contributed by atoms with Crippen LogP contribution in [0.15, 0.2) is 36.5 Å². The number of nitrogens with zero attached hydrogens (tertiary/aromatic N) is 6. The average molecular weight is 763 g/mol. The number of carbonyl (C=O) groups is 4. The molecule has 13 nitrogen and oxygen atoms in total. The van der Waals surface area contributed by atoms with Crippen molar-refractivity contribution >= 4 is 63.9 Å². The van der Waals surface area contributed by atoms with Crippen molar-refractivity contribution in [3.8, 4) is 6.07 Å². The standard InChI is InChI=1S/C38H47ClN8O5S/c1-23-20-44(21-24(2)45(23)22-34(49)42-26-7-5-25(6-8-26)30-13-14-33(48)43-35(30)50)15-16-52-29-11-9-27(10-12-29)47-37(53)46(36(51)38(47,3)4)28-17-31(39)32(18-40)41-19-28/h5-8,17,19,23-24,27,29-30H,9-16,20-22H2,1-4H3,(H,42,49)(H,43,48,50)/t23-,24+,27?,29?,30?. The number of hydrogen-bond acceptors (Lipinski definition) is 10. The molecule has 6 rings (SSSR count). The van der Waals surface area contributed by atoms with Gasteiger partial charge in [-0.1, -0.05) is 23.7 Å². The molecule has 1 aliphatic carbocycles. The number of amides is 4. The Morgan fingerprint density at radius 1 is 1.09 bits per heavy atom. The van der Waals surface area contributed by atoms with Crippen molar-refractivity contribution in [2.24, 2.45) is 0 Å². The molecule has 1 saturated carbocycles. The van der Waals surface area contributed by atoms with Gasteiger partial charge in [-0.05, 0) is 95.8 Å². The molecule has 1 aromatic carbocycles. The molecule has 0 radical (unpaired) electrons. The van der Waals surface area contributed by atoms with Crippen LogP contribution in [0.5, 0.6) is 0 Å². The Morgan fingerprint density at radius 2 is 1.77 bits per heavy atom. The molecule has 1 aromatic heterocycles. The van der Waals surface area contributed by atoms with Crippen LogP contribution in [0, 0.1) is 11.3 Å². The third-order valence-electron chi connectivity index (χ3n) is 11.0. The summed E-state index contributed by atoms with van der Waals surface area (Å²) in [5.41, 5.74) is 1.22. The number of nitrogens with one attached hydrogen (secondary N) is 2. The summed E-state index contributed by atoms with van der Waals surface area (Å²) in [5, 5.41) is 15.2. The third-order valence-corrected chi connectivity index (χ3v) is 11.7. The smallest absolute Gasteiger partial charge is 0.258 e. The second-order valence-corrected chi connectivity index (χ2v) is 15.9. The molecule has 4 aliphatic rings. The average Bonchev–Trinajstić information content (AvgIpc) is 3.29. The zero-order chi connectivity index (χ0) is 38.0. The summed E-state index contributed by atoms with van der Waals surface area (Å²) in [7, 11) is 0. The van der Waals surface area contributed by atoms with Crippen LogP contribution in [0.4, 0.5) is 11.4 Å². The van der Waals surface area contributed by atoms with E-state index >= 15 is 0 Å². The summed E-state index contributed by atoms with van der Waals surface area (Å²) in [6.45, 7) is 11.5. The van der Waals surface area contributed by atoms with Gasteiger partial charge >= 0.3 is 0 Å². The summed E-state index contributed by atoms with van der Waals surface area (Å²) in [5.74, 6) is -1.11. The van der Waals surface area contributed by atoms with E-state index in [-0.39, 0.29) is 71.0 Å². The first-order valence-corrected chi connectivity index (χ1v) is 19.1. The number of aromatic nitrogens is 1. The highest BCUT2D eigenvalue weighted by atomic mass is 35.5. The lowest BCUT2D eigenvalue weighted by Crippen LogP contribution is -2.58. The fourth-order valence-electron chi connectivity index (χ4n) is 8.24. The van der Waals surface area contributed by atoms with E-state index in [1.165, 1.54) is 11.1 Å². The van der Waals surface area contributed by atoms with Crippen molar-refractivity contribution in [1.82, 2.24) is 25.0 Å². The number of anilines is 2. The highest BCUT2D eigenvalue weighted by molar-refractivity contribution is 7.80. The number of benzene rings is 1. The van der Waals surface area contributed by atoms with Crippen LogP contribution in [0.1, 0.15) is 83.4 Å². The Kier molecular flexibility index (Phi) is 11.8. The molecule has 2 aromatic rings. The van der Waals surface area contributed by atoms with Crippen LogP contribution >= 0.6 is 23.8 Å². The van der Waals surface area contributed by atoms with Gasteiger partial charge in [0.05, 0.1) is 42.1 Å². The molecule has 4 fully saturated rings. The summed E-state index contributed by atoms with van der Waals surface area (Å²) in [6, 6.07) is 11.2. The molecule has 3 aliphatic heterocycles. The van der Waals surface area contributed by atoms with Crippen LogP contribution < -0.4 is 15.5 Å². The quantitative estimate of drug-likeness (QED) is 0.265. The van der Waals surface area contributed by atoms with E-state index in [2.05, 4.69) is 44.2 Å². The Morgan fingerprint density at radius 3 is 2.40 bits per heavy atom. The first kappa shape index (κ1) is 38.7. The van der Waals surface area contributed by atoms with Crippen molar-refractivity contribution in [1.29, 1.82) is 5.26 Å². The van der Waals surface area contributed by atoms with Crippen molar-refractivity contribution in [3.63, 3.8) is 0 Å². The fraction of sp³-hybridized carbons (Fsp3) is 0.553. The number of pyridine rings is 1. The Labute approximate surface area is 320 Å². The lowest BCUT2D eigenvalue weighted by Gasteiger charge is -2.44. The summed E-state index contributed by atoms with van der Waals surface area (Å²) in [4.78, 5) is 62.6. The monoisotopic (exact) mass is 762 g/mol. The number of imide groups is 1. The van der Waals surface area contributed by atoms with E-state index in [9.17, 15) is 24.4 Å². The van der Waals surface area contributed by atoms with Gasteiger partial charge < -0.3 is 15.0 Å². The Hall–Kier alpha value is -4.00. The highest BCUT2D eigenvalue weighted by Crippen LogP contribution is 2.39. The third kappa shape index (κ3) is 8.39. The molecule has 3 atom stereocenters. The minimum Gasteiger partial charge on any atom is -0.377 e. The molecular formula is C38H47ClN8O5S. The van der Waals surface area contributed by atoms with E-state index < -0.39 is 5.54 Å². The van der Waals surface area contributed by atoms with Crippen LogP contribution in [-0.2, 0) is 23.9 Å². The van der Waals surface area contributed by atoms with Gasteiger partial charge in [-0.2, -0.15) is 5.26 Å². The van der Waals surface area contributed by atoms with Gasteiger partial charge in [-0.15, -0.1) is 0 Å². The molecule has 1 unspecified atom stereocenters. The molecule has 3 saturated heterocycles. The maximum atomic E-state index is 13.6. The van der Waals surface area contributed by atoms with Gasteiger partial charge in [-0.3, -0.25) is 39.2 Å². The van der Waals surface area contributed by atoms with Gasteiger partial charge in [-0.25, -0.2) is 4.98 Å². The Bertz CT molecular complexity index is 1780. The van der Waals surface area contributed by atoms with Gasteiger partial charge in [0.25, 0.3) is 5.91 Å². The molecule has 0 spiro atoms. The summed E-state index contributed by atoms with van der Waals surface area (Å²) in [6.07, 6.45) is 5.84. The molecule has 282 valence electrons. The van der Waals surface area contributed by atoms with E-state index in [4.69, 9.17) is 28.6 Å². The van der Waals surface area contributed by atoms with Crippen LogP contribution in [0.3, 0.4) is 0 Å². The van der Waals surface area contributed by atoms with Gasteiger partial charge in [0, 0.05) is 49.9 Å². The van der Waals surface area contributed by atoms with Crippen molar-refractivity contribution in [2.75, 3.05) is 43.0 Å². The topological polar surface area (TPSA) is 151 Å². The molecule has 15 heteroatoms. The minimum atomic E-state index is -0.836. The SMILES string of the molecule is C[C@@H]1CN(CCOC2CCC(N3C(=S)N(c4cnc(C#N)c(Cl)c4)C(=O)C3(C)C)CC2)C[C@H](C)N1CC(=O)Nc1ccc(C2CCC(=O)NC2=O)cc1. The number of piperazine rings is 1. The number of hydrogen-bond donors (Lipinski definition) is 2. The van der Waals surface area contributed by atoms with E-state index in [1.807, 2.05) is 32.0 Å². The second kappa shape index (κ2) is 16.2. The molecule has 4 amide bonds. The zero-order valence-corrected chi connectivity index (χ0v) is 32.2. The Balaban J connectivity index is 0.926. The number of rotatable bonds is 10. The second-order valence-electron chi connectivity index (χ2n) is 15.1. The van der Waals surface area contributed by atoms with Crippen molar-refractivity contribution < 1.29 is 23.9 Å². The number of piperidine rings is 1. The highest BCUT2D eigenvalue weighted by Gasteiger charge is 2.52. The van der Waals surface area contributed by atoms with E-state index in [1.54, 1.807) is 18.2 Å². The minimum absolute atomic E-state index is 0.0874. The maximum absolute atomic E-state index is 13.6. The summed E-state index contributed by atoms with van der Waals surface area (Å²) < 4.78 is 6.37. The summed E-state index contributed by atoms with van der Waals surface area (Å²) >= 11 is 12.1. The first-order valence-electron chi connectivity index (χ1n) is 18.3. The number of nitriles is 1. The molecule has 2 N–H and O–H groups in total. The van der Waals surface area contributed by atoms with Gasteiger partial charge in [0.15, 0.2) is 10.8 Å². The molecular weight excluding hydrogens is 716 g/mol. The first-order chi connectivity index (χ1) is 25.3. The largest absolute Gasteiger partial charge is 0.377 e. The van der Waals surface area contributed by atoms with Crippen LogP contribution in [0.2, 0.25) is 5.02 Å². The van der Waals surface area contributed by atoms with E-state index in [0.29, 0.717) is 35.9 Å². The molecule has 0 bridgehead atoms. The predicted molar refractivity (Wildman–Crippen MR) is 204 cm³/mol. The number of halogens is 1. The normalized spacial score (nSPS) is 26.8. The number of ether oxygens (including phenoxy) is 1. The maximum Gasteiger partial charge on any atom is 0.258 e. The fourth-order valence-corrected chi connectivity index (χ4v) is 9.01.